The van der Waals surface area contributed by atoms with Crippen LogP contribution >= 0.6 is 15.9 Å². The normalized spacial score (nSPS) is 10.2. The predicted octanol–water partition coefficient (Wildman–Crippen LogP) is 3.33. The van der Waals surface area contributed by atoms with Gasteiger partial charge in [-0.05, 0) is 40.2 Å². The lowest BCUT2D eigenvalue weighted by molar-refractivity contribution is -0.383. The fourth-order valence-electron chi connectivity index (χ4n) is 1.66. The van der Waals surface area contributed by atoms with Crippen LogP contribution in [0.2, 0.25) is 0 Å². The van der Waals surface area contributed by atoms with Crippen LogP contribution in [0, 0.1) is 15.9 Å². The first-order valence-electron chi connectivity index (χ1n) is 5.69. The summed E-state index contributed by atoms with van der Waals surface area (Å²) in [5.74, 6) is -1.23. The van der Waals surface area contributed by atoms with Crippen molar-refractivity contribution in [2.75, 3.05) is 11.1 Å². The molecule has 0 heterocycles. The number of nitro benzene ring substituents is 1. The van der Waals surface area contributed by atoms with Gasteiger partial charge in [0.2, 0.25) is 0 Å². The monoisotopic (exact) mass is 353 g/mol. The molecular formula is C13H9BrFN3O3. The zero-order valence-corrected chi connectivity index (χ0v) is 12.1. The summed E-state index contributed by atoms with van der Waals surface area (Å²) in [6.07, 6.45) is 0. The number of carbonyl (C=O) groups is 1. The van der Waals surface area contributed by atoms with Crippen molar-refractivity contribution in [3.63, 3.8) is 0 Å². The molecule has 0 aliphatic rings. The molecule has 0 atom stereocenters. The number of nitrogens with zero attached hydrogens (tertiary/aromatic N) is 1. The van der Waals surface area contributed by atoms with E-state index >= 15 is 0 Å². The average molecular weight is 354 g/mol. The molecule has 0 saturated heterocycles. The minimum Gasteiger partial charge on any atom is -0.393 e. The van der Waals surface area contributed by atoms with Gasteiger partial charge < -0.3 is 11.1 Å². The van der Waals surface area contributed by atoms with Gasteiger partial charge in [0.15, 0.2) is 0 Å². The van der Waals surface area contributed by atoms with Crippen molar-refractivity contribution in [2.45, 2.75) is 0 Å². The third-order valence-electron chi connectivity index (χ3n) is 2.69. The van der Waals surface area contributed by atoms with Gasteiger partial charge in [0.25, 0.3) is 11.6 Å². The van der Waals surface area contributed by atoms with Crippen LogP contribution in [0.15, 0.2) is 40.9 Å². The van der Waals surface area contributed by atoms with Gasteiger partial charge in [0, 0.05) is 16.1 Å². The average Bonchev–Trinajstić information content (AvgIpc) is 2.42. The molecule has 3 N–H and O–H groups in total. The van der Waals surface area contributed by atoms with Crippen molar-refractivity contribution in [1.82, 2.24) is 0 Å². The molecular weight excluding hydrogens is 345 g/mol. The lowest BCUT2D eigenvalue weighted by Gasteiger charge is -2.09. The predicted molar refractivity (Wildman–Crippen MR) is 79.6 cm³/mol. The fraction of sp³-hybridized carbons (Fsp3) is 0. The molecule has 0 spiro atoms. The van der Waals surface area contributed by atoms with Crippen LogP contribution in [-0.2, 0) is 0 Å². The second-order valence-electron chi connectivity index (χ2n) is 4.08. The minimum absolute atomic E-state index is 0.0144. The van der Waals surface area contributed by atoms with E-state index in [-0.39, 0.29) is 22.6 Å². The van der Waals surface area contributed by atoms with Gasteiger partial charge in [-0.15, -0.1) is 0 Å². The van der Waals surface area contributed by atoms with Crippen molar-refractivity contribution in [3.05, 3.63) is 62.4 Å². The van der Waals surface area contributed by atoms with Crippen LogP contribution in [0.25, 0.3) is 0 Å². The summed E-state index contributed by atoms with van der Waals surface area (Å²) < 4.78 is 14.0. The van der Waals surface area contributed by atoms with Gasteiger partial charge in [0.05, 0.1) is 10.6 Å². The largest absolute Gasteiger partial charge is 0.393 e. The Morgan fingerprint density at radius 3 is 2.62 bits per heavy atom. The summed E-state index contributed by atoms with van der Waals surface area (Å²) in [7, 11) is 0. The number of carbonyl (C=O) groups excluding carboxylic acids is 1. The zero-order valence-electron chi connectivity index (χ0n) is 10.5. The number of hydrogen-bond acceptors (Lipinski definition) is 4. The Labute approximate surface area is 127 Å². The molecule has 21 heavy (non-hydrogen) atoms. The highest BCUT2D eigenvalue weighted by atomic mass is 79.9. The molecule has 0 radical (unpaired) electrons. The lowest BCUT2D eigenvalue weighted by Crippen LogP contribution is -2.14. The molecule has 0 saturated carbocycles. The molecule has 0 aliphatic carbocycles. The second kappa shape index (κ2) is 5.88. The highest BCUT2D eigenvalue weighted by Gasteiger charge is 2.16. The van der Waals surface area contributed by atoms with Crippen LogP contribution in [0.4, 0.5) is 21.5 Å². The highest BCUT2D eigenvalue weighted by molar-refractivity contribution is 9.10. The fourth-order valence-corrected chi connectivity index (χ4v) is 2.11. The number of amides is 1. The minimum atomic E-state index is -0.648. The molecule has 6 nitrogen and oxygen atoms in total. The summed E-state index contributed by atoms with van der Waals surface area (Å²) in [6.45, 7) is 0. The summed E-state index contributed by atoms with van der Waals surface area (Å²) in [4.78, 5) is 22.0. The Bertz CT molecular complexity index is 716. The third-order valence-corrected chi connectivity index (χ3v) is 3.35. The Morgan fingerprint density at radius 1 is 1.33 bits per heavy atom. The first-order chi connectivity index (χ1) is 9.90. The molecule has 2 rings (SSSR count). The van der Waals surface area contributed by atoms with Crippen LogP contribution in [0.1, 0.15) is 10.4 Å². The van der Waals surface area contributed by atoms with E-state index in [1.165, 1.54) is 24.3 Å². The van der Waals surface area contributed by atoms with Crippen LogP contribution in [0.3, 0.4) is 0 Å². The number of anilines is 2. The number of rotatable bonds is 3. The number of nitrogens with one attached hydrogen (secondary N) is 1. The number of para-hydroxylation sites is 1. The maximum atomic E-state index is 13.6. The SMILES string of the molecule is Nc1cc(C(=O)Nc2c(F)cccc2Br)ccc1[N+](=O)[O-]. The van der Waals surface area contributed by atoms with Gasteiger partial charge in [-0.1, -0.05) is 6.07 Å². The van der Waals surface area contributed by atoms with E-state index in [0.29, 0.717) is 4.47 Å². The number of nitrogen functional groups attached to an aromatic ring is 1. The molecule has 0 bridgehead atoms. The molecule has 0 aromatic heterocycles. The van der Waals surface area contributed by atoms with Crippen LogP contribution in [0.5, 0.6) is 0 Å². The standard InChI is InChI=1S/C13H9BrFN3O3/c14-8-2-1-3-9(15)12(8)17-13(19)7-4-5-11(18(20)21)10(16)6-7/h1-6H,16H2,(H,17,19). The molecule has 0 unspecified atom stereocenters. The smallest absolute Gasteiger partial charge is 0.292 e. The van der Waals surface area contributed by atoms with Gasteiger partial charge in [-0.3, -0.25) is 14.9 Å². The molecule has 2 aromatic rings. The maximum Gasteiger partial charge on any atom is 0.292 e. The summed E-state index contributed by atoms with van der Waals surface area (Å²) in [5.41, 5.74) is 5.15. The maximum absolute atomic E-state index is 13.6. The molecule has 0 fully saturated rings. The summed E-state index contributed by atoms with van der Waals surface area (Å²) in [6, 6.07) is 7.80. The number of nitrogens with two attached hydrogens (primary N) is 1. The third kappa shape index (κ3) is 3.16. The number of halogens is 2. The Hall–Kier alpha value is -2.48. The molecule has 108 valence electrons. The summed E-state index contributed by atoms with van der Waals surface area (Å²) >= 11 is 3.12. The van der Waals surface area contributed by atoms with Gasteiger partial charge >= 0.3 is 0 Å². The lowest BCUT2D eigenvalue weighted by atomic mass is 10.1. The highest BCUT2D eigenvalue weighted by Crippen LogP contribution is 2.27. The van der Waals surface area contributed by atoms with E-state index in [1.807, 2.05) is 0 Å². The van der Waals surface area contributed by atoms with E-state index < -0.39 is 16.6 Å². The quantitative estimate of drug-likeness (QED) is 0.502. The van der Waals surface area contributed by atoms with Gasteiger partial charge in [0.1, 0.15) is 11.5 Å². The van der Waals surface area contributed by atoms with Crippen LogP contribution in [-0.4, -0.2) is 10.8 Å². The van der Waals surface area contributed by atoms with E-state index in [0.717, 1.165) is 6.07 Å². The molecule has 0 aliphatic heterocycles. The van der Waals surface area contributed by atoms with Crippen molar-refractivity contribution in [1.29, 1.82) is 0 Å². The Morgan fingerprint density at radius 2 is 2.05 bits per heavy atom. The number of hydrogen-bond donors (Lipinski definition) is 2. The van der Waals surface area contributed by atoms with Crippen molar-refractivity contribution in [3.8, 4) is 0 Å². The topological polar surface area (TPSA) is 98.3 Å². The first-order valence-corrected chi connectivity index (χ1v) is 6.48. The van der Waals surface area contributed by atoms with Gasteiger partial charge in [-0.25, -0.2) is 4.39 Å². The molecule has 2 aromatic carbocycles. The summed E-state index contributed by atoms with van der Waals surface area (Å²) in [5, 5.41) is 13.0. The Kier molecular flexibility index (Phi) is 4.18. The number of nitro groups is 1. The van der Waals surface area contributed by atoms with Crippen molar-refractivity contribution in [2.24, 2.45) is 0 Å². The van der Waals surface area contributed by atoms with Crippen LogP contribution < -0.4 is 11.1 Å². The number of benzene rings is 2. The molecule has 8 heteroatoms. The van der Waals surface area contributed by atoms with E-state index in [9.17, 15) is 19.3 Å². The van der Waals surface area contributed by atoms with Crippen molar-refractivity contribution < 1.29 is 14.1 Å². The van der Waals surface area contributed by atoms with E-state index in [4.69, 9.17) is 5.73 Å². The van der Waals surface area contributed by atoms with Crippen molar-refractivity contribution >= 4 is 38.9 Å². The second-order valence-corrected chi connectivity index (χ2v) is 4.94. The molecule has 1 amide bonds. The van der Waals surface area contributed by atoms with E-state index in [1.54, 1.807) is 6.07 Å². The Balaban J connectivity index is 2.29. The van der Waals surface area contributed by atoms with Gasteiger partial charge in [-0.2, -0.15) is 0 Å². The zero-order chi connectivity index (χ0) is 15.6. The van der Waals surface area contributed by atoms with E-state index in [2.05, 4.69) is 21.2 Å². The first kappa shape index (κ1) is 14.9.